The first-order chi connectivity index (χ1) is 9.38. The van der Waals surface area contributed by atoms with Gasteiger partial charge in [0, 0.05) is 19.2 Å². The third kappa shape index (κ3) is 3.53. The molecule has 0 aromatic heterocycles. The van der Waals surface area contributed by atoms with Crippen molar-refractivity contribution in [1.29, 1.82) is 0 Å². The number of amidine groups is 1. The highest BCUT2D eigenvalue weighted by Crippen LogP contribution is 2.29. The first kappa shape index (κ1) is 14.9. The number of thioether (sulfide) groups is 1. The van der Waals surface area contributed by atoms with Gasteiger partial charge < -0.3 is 0 Å². The van der Waals surface area contributed by atoms with Crippen molar-refractivity contribution in [3.05, 3.63) is 35.4 Å². The molecule has 2 rings (SSSR count). The van der Waals surface area contributed by atoms with Gasteiger partial charge in [-0.25, -0.2) is 0 Å². The molecule has 1 aliphatic rings. The molecule has 0 unspecified atom stereocenters. The average Bonchev–Trinajstić information content (AvgIpc) is 2.84. The Kier molecular flexibility index (Phi) is 4.37. The SMILES string of the molecule is CC(=O)N1CCN=C1SCc1ccc(C(F)(F)F)cc1. The number of hydrogen-bond donors (Lipinski definition) is 0. The highest BCUT2D eigenvalue weighted by molar-refractivity contribution is 8.13. The van der Waals surface area contributed by atoms with Gasteiger partial charge in [-0.15, -0.1) is 0 Å². The molecule has 1 aromatic rings. The lowest BCUT2D eigenvalue weighted by Crippen LogP contribution is -2.30. The van der Waals surface area contributed by atoms with Crippen LogP contribution in [0.15, 0.2) is 29.3 Å². The van der Waals surface area contributed by atoms with Crippen molar-refractivity contribution < 1.29 is 18.0 Å². The standard InChI is InChI=1S/C13H13F3N2OS/c1-9(19)18-7-6-17-12(18)20-8-10-2-4-11(5-3-10)13(14,15)16/h2-5H,6-8H2,1H3. The van der Waals surface area contributed by atoms with Gasteiger partial charge in [-0.1, -0.05) is 23.9 Å². The summed E-state index contributed by atoms with van der Waals surface area (Å²) in [6.07, 6.45) is -4.31. The molecule has 0 fully saturated rings. The molecule has 1 amide bonds. The fourth-order valence-electron chi connectivity index (χ4n) is 1.78. The van der Waals surface area contributed by atoms with Gasteiger partial charge in [-0.3, -0.25) is 14.7 Å². The Morgan fingerprint density at radius 1 is 1.35 bits per heavy atom. The van der Waals surface area contributed by atoms with E-state index in [-0.39, 0.29) is 5.91 Å². The van der Waals surface area contributed by atoms with Crippen LogP contribution in [-0.4, -0.2) is 29.1 Å². The monoisotopic (exact) mass is 302 g/mol. The fraction of sp³-hybridized carbons (Fsp3) is 0.385. The third-order valence-electron chi connectivity index (χ3n) is 2.83. The Morgan fingerprint density at radius 2 is 2.00 bits per heavy atom. The van der Waals surface area contributed by atoms with E-state index in [4.69, 9.17) is 0 Å². The minimum Gasteiger partial charge on any atom is -0.290 e. The topological polar surface area (TPSA) is 32.7 Å². The summed E-state index contributed by atoms with van der Waals surface area (Å²) in [5.41, 5.74) is 0.107. The summed E-state index contributed by atoms with van der Waals surface area (Å²) in [5, 5.41) is 0.636. The van der Waals surface area contributed by atoms with Gasteiger partial charge in [0.25, 0.3) is 0 Å². The predicted octanol–water partition coefficient (Wildman–Crippen LogP) is 3.16. The summed E-state index contributed by atoms with van der Waals surface area (Å²) < 4.78 is 37.3. The van der Waals surface area contributed by atoms with Crippen molar-refractivity contribution in [3.63, 3.8) is 0 Å². The number of carbonyl (C=O) groups excluding carboxylic acids is 1. The minimum atomic E-state index is -4.31. The van der Waals surface area contributed by atoms with Crippen LogP contribution < -0.4 is 0 Å². The van der Waals surface area contributed by atoms with E-state index in [1.54, 1.807) is 4.90 Å². The van der Waals surface area contributed by atoms with Crippen LogP contribution in [0.2, 0.25) is 0 Å². The molecule has 7 heteroatoms. The fourth-order valence-corrected chi connectivity index (χ4v) is 2.83. The molecule has 1 aromatic carbocycles. The maximum absolute atomic E-state index is 12.4. The van der Waals surface area contributed by atoms with Gasteiger partial charge in [0.1, 0.15) is 0 Å². The minimum absolute atomic E-state index is 0.0684. The molecule has 0 spiro atoms. The molecule has 108 valence electrons. The van der Waals surface area contributed by atoms with Gasteiger partial charge in [0.2, 0.25) is 5.91 Å². The molecule has 0 bridgehead atoms. The van der Waals surface area contributed by atoms with Crippen LogP contribution in [0.5, 0.6) is 0 Å². The summed E-state index contributed by atoms with van der Waals surface area (Å²) in [6, 6.07) is 5.02. The van der Waals surface area contributed by atoms with E-state index in [2.05, 4.69) is 4.99 Å². The van der Waals surface area contributed by atoms with E-state index in [1.807, 2.05) is 0 Å². The molecule has 1 aliphatic heterocycles. The van der Waals surface area contributed by atoms with E-state index in [9.17, 15) is 18.0 Å². The van der Waals surface area contributed by atoms with E-state index in [0.717, 1.165) is 17.7 Å². The lowest BCUT2D eigenvalue weighted by Gasteiger charge is -2.15. The lowest BCUT2D eigenvalue weighted by atomic mass is 10.1. The molecule has 1 heterocycles. The molecule has 0 saturated carbocycles. The summed E-state index contributed by atoms with van der Waals surface area (Å²) in [7, 11) is 0. The molecular weight excluding hydrogens is 289 g/mol. The molecule has 0 N–H and O–H groups in total. The Hall–Kier alpha value is -1.50. The van der Waals surface area contributed by atoms with E-state index in [0.29, 0.717) is 24.0 Å². The predicted molar refractivity (Wildman–Crippen MR) is 72.4 cm³/mol. The molecule has 0 atom stereocenters. The number of amides is 1. The summed E-state index contributed by atoms with van der Waals surface area (Å²) in [4.78, 5) is 17.1. The molecule has 0 aliphatic carbocycles. The summed E-state index contributed by atoms with van der Waals surface area (Å²) >= 11 is 1.36. The maximum Gasteiger partial charge on any atom is 0.416 e. The first-order valence-corrected chi connectivity index (χ1v) is 6.98. The van der Waals surface area contributed by atoms with Crippen molar-refractivity contribution >= 4 is 22.8 Å². The normalized spacial score (nSPS) is 15.4. The molecule has 0 radical (unpaired) electrons. The van der Waals surface area contributed by atoms with Crippen LogP contribution in [0.1, 0.15) is 18.1 Å². The quantitative estimate of drug-likeness (QED) is 0.840. The number of carbonyl (C=O) groups is 1. The van der Waals surface area contributed by atoms with Gasteiger partial charge >= 0.3 is 6.18 Å². The zero-order chi connectivity index (χ0) is 14.8. The lowest BCUT2D eigenvalue weighted by molar-refractivity contribution is -0.137. The highest BCUT2D eigenvalue weighted by atomic mass is 32.2. The Morgan fingerprint density at radius 3 is 2.55 bits per heavy atom. The van der Waals surface area contributed by atoms with Crippen molar-refractivity contribution in [2.45, 2.75) is 18.9 Å². The maximum atomic E-state index is 12.4. The first-order valence-electron chi connectivity index (χ1n) is 5.99. The number of aliphatic imine (C=N–C) groups is 1. The Bertz CT molecular complexity index is 525. The van der Waals surface area contributed by atoms with Crippen molar-refractivity contribution in [2.75, 3.05) is 13.1 Å². The Labute approximate surface area is 118 Å². The van der Waals surface area contributed by atoms with Crippen molar-refractivity contribution in [2.24, 2.45) is 4.99 Å². The van der Waals surface area contributed by atoms with Gasteiger partial charge in [-0.2, -0.15) is 13.2 Å². The summed E-state index contributed by atoms with van der Waals surface area (Å²) in [6.45, 7) is 2.62. The second-order valence-corrected chi connectivity index (χ2v) is 5.26. The second-order valence-electron chi connectivity index (χ2n) is 4.32. The summed E-state index contributed by atoms with van der Waals surface area (Å²) in [5.74, 6) is 0.418. The van der Waals surface area contributed by atoms with Crippen molar-refractivity contribution in [3.8, 4) is 0 Å². The van der Waals surface area contributed by atoms with Crippen molar-refractivity contribution in [1.82, 2.24) is 4.90 Å². The number of rotatable bonds is 2. The van der Waals surface area contributed by atoms with E-state index in [1.165, 1.54) is 30.8 Å². The van der Waals surface area contributed by atoms with Crippen LogP contribution in [0.3, 0.4) is 0 Å². The number of halogens is 3. The Balaban J connectivity index is 1.96. The number of benzene rings is 1. The van der Waals surface area contributed by atoms with Crippen LogP contribution >= 0.6 is 11.8 Å². The van der Waals surface area contributed by atoms with Crippen LogP contribution in [0, 0.1) is 0 Å². The largest absolute Gasteiger partial charge is 0.416 e. The van der Waals surface area contributed by atoms with Gasteiger partial charge in [0.15, 0.2) is 5.17 Å². The molecule has 0 saturated heterocycles. The number of hydrogen-bond acceptors (Lipinski definition) is 3. The van der Waals surface area contributed by atoms with E-state index < -0.39 is 11.7 Å². The molecular formula is C13H13F3N2OS. The van der Waals surface area contributed by atoms with Gasteiger partial charge in [0.05, 0.1) is 12.1 Å². The average molecular weight is 302 g/mol. The molecule has 3 nitrogen and oxygen atoms in total. The van der Waals surface area contributed by atoms with E-state index >= 15 is 0 Å². The second kappa shape index (κ2) is 5.87. The van der Waals surface area contributed by atoms with Gasteiger partial charge in [-0.05, 0) is 17.7 Å². The van der Waals surface area contributed by atoms with Crippen LogP contribution in [-0.2, 0) is 16.7 Å². The number of alkyl halides is 3. The number of nitrogens with zero attached hydrogens (tertiary/aromatic N) is 2. The smallest absolute Gasteiger partial charge is 0.290 e. The highest BCUT2D eigenvalue weighted by Gasteiger charge is 2.30. The zero-order valence-electron chi connectivity index (χ0n) is 10.8. The third-order valence-corrected chi connectivity index (χ3v) is 3.92. The van der Waals surface area contributed by atoms with Crippen LogP contribution in [0.4, 0.5) is 13.2 Å². The molecule has 20 heavy (non-hydrogen) atoms. The zero-order valence-corrected chi connectivity index (χ0v) is 11.6. The van der Waals surface area contributed by atoms with Crippen LogP contribution in [0.25, 0.3) is 0 Å².